The molecule has 1 saturated heterocycles. The highest BCUT2D eigenvalue weighted by Gasteiger charge is 2.29. The number of pyridine rings is 1. The van der Waals surface area contributed by atoms with Gasteiger partial charge in [-0.05, 0) is 52.2 Å². The summed E-state index contributed by atoms with van der Waals surface area (Å²) in [6, 6.07) is 5.87. The summed E-state index contributed by atoms with van der Waals surface area (Å²) in [6.07, 6.45) is 8.16. The SMILES string of the molecule is Cc1nc(-c2cccnc2)cn1CCC(C)(C)NCC(=O)N1CCCC1C#N. The first-order chi connectivity index (χ1) is 13.4. The third-order valence-electron chi connectivity index (χ3n) is 5.35. The highest BCUT2D eigenvalue weighted by Crippen LogP contribution is 2.20. The summed E-state index contributed by atoms with van der Waals surface area (Å²) in [5.74, 6) is 0.967. The number of likely N-dealkylation sites (tertiary alicyclic amines) is 1. The Morgan fingerprint density at radius 3 is 3.00 bits per heavy atom. The second-order valence-corrected chi connectivity index (χ2v) is 7.97. The van der Waals surface area contributed by atoms with Crippen molar-refractivity contribution in [1.29, 1.82) is 5.26 Å². The van der Waals surface area contributed by atoms with E-state index in [-0.39, 0.29) is 24.0 Å². The molecule has 0 radical (unpaired) electrons. The Morgan fingerprint density at radius 1 is 1.46 bits per heavy atom. The largest absolute Gasteiger partial charge is 0.334 e. The van der Waals surface area contributed by atoms with Gasteiger partial charge in [0.15, 0.2) is 0 Å². The molecular weight excluding hydrogens is 352 g/mol. The number of nitrogens with zero attached hydrogens (tertiary/aromatic N) is 5. The number of imidazole rings is 1. The average molecular weight is 380 g/mol. The van der Waals surface area contributed by atoms with Crippen LogP contribution in [-0.2, 0) is 11.3 Å². The number of nitrogens with one attached hydrogen (secondary N) is 1. The Bertz CT molecular complexity index is 852. The molecule has 2 aromatic heterocycles. The molecule has 1 N–H and O–H groups in total. The van der Waals surface area contributed by atoms with Crippen LogP contribution in [0.25, 0.3) is 11.3 Å². The maximum Gasteiger partial charge on any atom is 0.237 e. The summed E-state index contributed by atoms with van der Waals surface area (Å²) in [4.78, 5) is 22.9. The van der Waals surface area contributed by atoms with Gasteiger partial charge in [0.05, 0.1) is 18.3 Å². The molecule has 3 heterocycles. The van der Waals surface area contributed by atoms with E-state index in [0.717, 1.165) is 42.9 Å². The topological polar surface area (TPSA) is 86.8 Å². The molecule has 1 aliphatic rings. The Balaban J connectivity index is 1.54. The summed E-state index contributed by atoms with van der Waals surface area (Å²) < 4.78 is 2.14. The van der Waals surface area contributed by atoms with Crippen LogP contribution in [0.2, 0.25) is 0 Å². The maximum atomic E-state index is 12.4. The molecule has 0 aromatic carbocycles. The quantitative estimate of drug-likeness (QED) is 0.798. The molecule has 1 amide bonds. The van der Waals surface area contributed by atoms with Crippen LogP contribution >= 0.6 is 0 Å². The molecule has 1 atom stereocenters. The zero-order valence-corrected chi connectivity index (χ0v) is 16.9. The number of hydrogen-bond donors (Lipinski definition) is 1. The molecule has 1 unspecified atom stereocenters. The summed E-state index contributed by atoms with van der Waals surface area (Å²) in [5.41, 5.74) is 1.72. The molecule has 1 aliphatic heterocycles. The van der Waals surface area contributed by atoms with E-state index in [1.54, 1.807) is 11.1 Å². The molecule has 28 heavy (non-hydrogen) atoms. The molecule has 2 aromatic rings. The molecular formula is C21H28N6O. The predicted octanol–water partition coefficient (Wildman–Crippen LogP) is 2.53. The number of rotatable bonds is 7. The second kappa shape index (κ2) is 8.53. The van der Waals surface area contributed by atoms with Crippen molar-refractivity contribution in [2.45, 2.75) is 58.2 Å². The molecule has 0 spiro atoms. The van der Waals surface area contributed by atoms with Gasteiger partial charge in [0.1, 0.15) is 11.9 Å². The monoisotopic (exact) mass is 380 g/mol. The third-order valence-corrected chi connectivity index (χ3v) is 5.35. The highest BCUT2D eigenvalue weighted by atomic mass is 16.2. The summed E-state index contributed by atoms with van der Waals surface area (Å²) in [6.45, 7) is 7.94. The van der Waals surface area contributed by atoms with Crippen molar-refractivity contribution >= 4 is 5.91 Å². The Labute approximate surface area is 166 Å². The highest BCUT2D eigenvalue weighted by molar-refractivity contribution is 5.79. The molecule has 0 bridgehead atoms. The lowest BCUT2D eigenvalue weighted by molar-refractivity contribution is -0.130. The Morgan fingerprint density at radius 2 is 2.29 bits per heavy atom. The van der Waals surface area contributed by atoms with Gasteiger partial charge in [0.2, 0.25) is 5.91 Å². The average Bonchev–Trinajstić information content (AvgIpc) is 3.32. The van der Waals surface area contributed by atoms with Gasteiger partial charge in [-0.15, -0.1) is 0 Å². The van der Waals surface area contributed by atoms with Crippen molar-refractivity contribution in [3.63, 3.8) is 0 Å². The summed E-state index contributed by atoms with van der Waals surface area (Å²) in [7, 11) is 0. The number of aryl methyl sites for hydroxylation is 2. The third kappa shape index (κ3) is 4.76. The first-order valence-electron chi connectivity index (χ1n) is 9.78. The number of carbonyl (C=O) groups is 1. The number of nitriles is 1. The molecule has 0 saturated carbocycles. The van der Waals surface area contributed by atoms with Crippen LogP contribution in [0, 0.1) is 18.3 Å². The fourth-order valence-electron chi connectivity index (χ4n) is 3.49. The van der Waals surface area contributed by atoms with Gasteiger partial charge in [-0.3, -0.25) is 9.78 Å². The van der Waals surface area contributed by atoms with Gasteiger partial charge in [-0.25, -0.2) is 4.98 Å². The van der Waals surface area contributed by atoms with Crippen LogP contribution in [0.1, 0.15) is 38.9 Å². The van der Waals surface area contributed by atoms with Gasteiger partial charge >= 0.3 is 0 Å². The van der Waals surface area contributed by atoms with Gasteiger partial charge in [0.25, 0.3) is 0 Å². The van der Waals surface area contributed by atoms with E-state index in [1.165, 1.54) is 0 Å². The fourth-order valence-corrected chi connectivity index (χ4v) is 3.49. The zero-order valence-electron chi connectivity index (χ0n) is 16.9. The molecule has 7 heteroatoms. The molecule has 0 aliphatic carbocycles. The van der Waals surface area contributed by atoms with E-state index in [2.05, 4.69) is 46.0 Å². The minimum Gasteiger partial charge on any atom is -0.334 e. The van der Waals surface area contributed by atoms with E-state index in [4.69, 9.17) is 5.26 Å². The lowest BCUT2D eigenvalue weighted by Gasteiger charge is -2.28. The number of amides is 1. The normalized spacial score (nSPS) is 16.9. The van der Waals surface area contributed by atoms with E-state index >= 15 is 0 Å². The Hall–Kier alpha value is -2.72. The van der Waals surface area contributed by atoms with Crippen LogP contribution in [0.5, 0.6) is 0 Å². The van der Waals surface area contributed by atoms with Crippen LogP contribution in [0.3, 0.4) is 0 Å². The van der Waals surface area contributed by atoms with Crippen LogP contribution < -0.4 is 5.32 Å². The van der Waals surface area contributed by atoms with Crippen molar-refractivity contribution in [3.05, 3.63) is 36.5 Å². The van der Waals surface area contributed by atoms with E-state index in [9.17, 15) is 4.79 Å². The predicted molar refractivity (Wildman–Crippen MR) is 107 cm³/mol. The van der Waals surface area contributed by atoms with E-state index in [0.29, 0.717) is 6.54 Å². The molecule has 148 valence electrons. The van der Waals surface area contributed by atoms with Crippen molar-refractivity contribution in [2.75, 3.05) is 13.1 Å². The lowest BCUT2D eigenvalue weighted by Crippen LogP contribution is -2.47. The lowest BCUT2D eigenvalue weighted by atomic mass is 10.0. The summed E-state index contributed by atoms with van der Waals surface area (Å²) >= 11 is 0. The standard InChI is InChI=1S/C21H28N6O/c1-16-25-19(17-6-4-9-23-13-17)15-26(16)11-8-21(2,3)24-14-20(28)27-10-5-7-18(27)12-22/h4,6,9,13,15,18,24H,5,7-8,10-11,14H2,1-3H3. The first-order valence-corrected chi connectivity index (χ1v) is 9.78. The minimum atomic E-state index is -0.267. The van der Waals surface area contributed by atoms with Gasteiger partial charge in [-0.1, -0.05) is 0 Å². The van der Waals surface area contributed by atoms with E-state index in [1.807, 2.05) is 25.3 Å². The van der Waals surface area contributed by atoms with Gasteiger partial charge in [0, 0.05) is 42.8 Å². The van der Waals surface area contributed by atoms with Gasteiger partial charge in [-0.2, -0.15) is 5.26 Å². The number of aromatic nitrogens is 3. The molecule has 7 nitrogen and oxygen atoms in total. The molecule has 1 fully saturated rings. The summed E-state index contributed by atoms with van der Waals surface area (Å²) in [5, 5.41) is 12.5. The van der Waals surface area contributed by atoms with Crippen molar-refractivity contribution in [2.24, 2.45) is 0 Å². The minimum absolute atomic E-state index is 0.00907. The Kier molecular flexibility index (Phi) is 6.10. The number of carbonyl (C=O) groups excluding carboxylic acids is 1. The smallest absolute Gasteiger partial charge is 0.237 e. The van der Waals surface area contributed by atoms with Gasteiger partial charge < -0.3 is 14.8 Å². The van der Waals surface area contributed by atoms with Crippen LogP contribution in [-0.4, -0.2) is 50.0 Å². The first kappa shape index (κ1) is 20.0. The second-order valence-electron chi connectivity index (χ2n) is 7.97. The fraction of sp³-hybridized carbons (Fsp3) is 0.524. The van der Waals surface area contributed by atoms with Crippen molar-refractivity contribution in [1.82, 2.24) is 24.8 Å². The van der Waals surface area contributed by atoms with Crippen molar-refractivity contribution < 1.29 is 4.79 Å². The van der Waals surface area contributed by atoms with E-state index < -0.39 is 0 Å². The zero-order chi connectivity index (χ0) is 20.1. The molecule has 3 rings (SSSR count). The van der Waals surface area contributed by atoms with Crippen molar-refractivity contribution in [3.8, 4) is 17.3 Å². The van der Waals surface area contributed by atoms with Crippen LogP contribution in [0.4, 0.5) is 0 Å². The maximum absolute atomic E-state index is 12.4. The number of hydrogen-bond acceptors (Lipinski definition) is 5. The van der Waals surface area contributed by atoms with Crippen LogP contribution in [0.15, 0.2) is 30.7 Å².